The van der Waals surface area contributed by atoms with E-state index in [0.717, 1.165) is 69.0 Å². The van der Waals surface area contributed by atoms with Crippen molar-refractivity contribution in [2.45, 2.75) is 45.7 Å². The van der Waals surface area contributed by atoms with Gasteiger partial charge in [-0.25, -0.2) is 9.38 Å². The molecule has 0 spiro atoms. The van der Waals surface area contributed by atoms with Crippen molar-refractivity contribution < 1.29 is 4.39 Å². The van der Waals surface area contributed by atoms with Gasteiger partial charge in [0.2, 0.25) is 0 Å². The maximum atomic E-state index is 13.2. The van der Waals surface area contributed by atoms with E-state index in [0.29, 0.717) is 6.54 Å². The molecule has 2 aliphatic rings. The molecular formula is C21H30FN7. The summed E-state index contributed by atoms with van der Waals surface area (Å²) in [4.78, 5) is 9.45. The fraction of sp³-hybridized carbons (Fsp3) is 0.571. The van der Waals surface area contributed by atoms with Crippen LogP contribution in [-0.2, 0) is 19.5 Å². The number of aryl methyl sites for hydroxylation is 1. The molecule has 3 heterocycles. The number of fused-ring (bicyclic) bond motifs is 1. The number of benzene rings is 1. The van der Waals surface area contributed by atoms with E-state index >= 15 is 0 Å². The summed E-state index contributed by atoms with van der Waals surface area (Å²) in [5, 5.41) is 12.2. The maximum absolute atomic E-state index is 13.2. The number of guanidine groups is 1. The molecule has 0 unspecified atom stereocenters. The first-order valence-corrected chi connectivity index (χ1v) is 10.7. The first kappa shape index (κ1) is 19.7. The number of hydrogen-bond acceptors (Lipinski definition) is 4. The minimum absolute atomic E-state index is 0.194. The van der Waals surface area contributed by atoms with Crippen LogP contribution in [0.15, 0.2) is 29.3 Å². The number of nitrogens with zero attached hydrogens (tertiary/aromatic N) is 6. The van der Waals surface area contributed by atoms with E-state index in [2.05, 4.69) is 36.8 Å². The second-order valence-corrected chi connectivity index (χ2v) is 7.62. The highest BCUT2D eigenvalue weighted by molar-refractivity contribution is 5.80. The summed E-state index contributed by atoms with van der Waals surface area (Å²) in [6, 6.07) is 6.74. The van der Waals surface area contributed by atoms with E-state index in [9.17, 15) is 4.39 Å². The van der Waals surface area contributed by atoms with Crippen LogP contribution in [0.2, 0.25) is 0 Å². The molecule has 0 radical (unpaired) electrons. The third-order valence-electron chi connectivity index (χ3n) is 5.66. The molecule has 8 heteroatoms. The van der Waals surface area contributed by atoms with Gasteiger partial charge in [0.15, 0.2) is 11.8 Å². The number of aromatic nitrogens is 3. The van der Waals surface area contributed by atoms with Crippen LogP contribution in [0.3, 0.4) is 0 Å². The maximum Gasteiger partial charge on any atom is 0.194 e. The third kappa shape index (κ3) is 4.68. The van der Waals surface area contributed by atoms with E-state index in [1.54, 1.807) is 0 Å². The molecule has 0 bridgehead atoms. The predicted molar refractivity (Wildman–Crippen MR) is 113 cm³/mol. The zero-order valence-corrected chi connectivity index (χ0v) is 17.1. The summed E-state index contributed by atoms with van der Waals surface area (Å²) in [7, 11) is 0. The fourth-order valence-electron chi connectivity index (χ4n) is 4.06. The van der Waals surface area contributed by atoms with Crippen molar-refractivity contribution in [1.29, 1.82) is 0 Å². The van der Waals surface area contributed by atoms with Gasteiger partial charge in [-0.1, -0.05) is 6.42 Å². The summed E-state index contributed by atoms with van der Waals surface area (Å²) in [5.74, 6) is 2.80. The van der Waals surface area contributed by atoms with Crippen LogP contribution >= 0.6 is 0 Å². The van der Waals surface area contributed by atoms with Gasteiger partial charge in [0.25, 0.3) is 0 Å². The van der Waals surface area contributed by atoms with E-state index in [1.165, 1.54) is 31.4 Å². The highest BCUT2D eigenvalue weighted by Gasteiger charge is 2.20. The normalized spacial score (nSPS) is 17.8. The Labute approximate surface area is 171 Å². The molecular weight excluding hydrogens is 369 g/mol. The van der Waals surface area contributed by atoms with Gasteiger partial charge in [0, 0.05) is 51.4 Å². The van der Waals surface area contributed by atoms with Crippen molar-refractivity contribution in [2.24, 2.45) is 4.99 Å². The number of nitrogens with one attached hydrogen (secondary N) is 1. The van der Waals surface area contributed by atoms with E-state index in [-0.39, 0.29) is 5.82 Å². The number of anilines is 1. The Kier molecular flexibility index (Phi) is 6.27. The summed E-state index contributed by atoms with van der Waals surface area (Å²) in [6.07, 6.45) is 4.66. The second kappa shape index (κ2) is 9.24. The minimum Gasteiger partial charge on any atom is -0.368 e. The standard InChI is InChI=1S/C21H30FN7/c1-2-23-21(24-16-20-26-25-19-6-4-3-5-11-29(19)20)28-14-12-27(13-15-28)18-9-7-17(22)8-10-18/h7-10H,2-6,11-16H2,1H3,(H,23,24). The SMILES string of the molecule is CCNC(=NCc1nnc2n1CCCCC2)N1CCN(c2ccc(F)cc2)CC1. The van der Waals surface area contributed by atoms with Gasteiger partial charge in [-0.2, -0.15) is 0 Å². The fourth-order valence-corrected chi connectivity index (χ4v) is 4.06. The van der Waals surface area contributed by atoms with Crippen molar-refractivity contribution in [3.05, 3.63) is 41.7 Å². The quantitative estimate of drug-likeness (QED) is 0.632. The Morgan fingerprint density at radius 2 is 1.83 bits per heavy atom. The van der Waals surface area contributed by atoms with Gasteiger partial charge in [-0.3, -0.25) is 0 Å². The van der Waals surface area contributed by atoms with Gasteiger partial charge in [0.05, 0.1) is 0 Å². The third-order valence-corrected chi connectivity index (χ3v) is 5.66. The number of hydrogen-bond donors (Lipinski definition) is 1. The highest BCUT2D eigenvalue weighted by Crippen LogP contribution is 2.18. The van der Waals surface area contributed by atoms with Crippen LogP contribution in [-0.4, -0.2) is 58.3 Å². The van der Waals surface area contributed by atoms with Crippen molar-refractivity contribution in [1.82, 2.24) is 25.0 Å². The van der Waals surface area contributed by atoms with Crippen LogP contribution in [0.1, 0.15) is 37.8 Å². The average molecular weight is 400 g/mol. The first-order chi connectivity index (χ1) is 14.2. The zero-order valence-electron chi connectivity index (χ0n) is 17.1. The van der Waals surface area contributed by atoms with Crippen molar-refractivity contribution in [3.63, 3.8) is 0 Å². The molecule has 2 aliphatic heterocycles. The van der Waals surface area contributed by atoms with Crippen molar-refractivity contribution in [3.8, 4) is 0 Å². The lowest BCUT2D eigenvalue weighted by molar-refractivity contribution is 0.372. The summed E-state index contributed by atoms with van der Waals surface area (Å²) in [5.41, 5.74) is 1.07. The molecule has 2 aromatic rings. The zero-order chi connectivity index (χ0) is 20.1. The molecule has 0 saturated carbocycles. The lowest BCUT2D eigenvalue weighted by Crippen LogP contribution is -2.52. The summed E-state index contributed by atoms with van der Waals surface area (Å²) >= 11 is 0. The Morgan fingerprint density at radius 1 is 1.03 bits per heavy atom. The van der Waals surface area contributed by atoms with Crippen LogP contribution in [0, 0.1) is 5.82 Å². The number of halogens is 1. The monoisotopic (exact) mass is 399 g/mol. The lowest BCUT2D eigenvalue weighted by atomic mass is 10.2. The smallest absolute Gasteiger partial charge is 0.194 e. The largest absolute Gasteiger partial charge is 0.368 e. The summed E-state index contributed by atoms with van der Waals surface area (Å²) in [6.45, 7) is 7.99. The Balaban J connectivity index is 1.40. The summed E-state index contributed by atoms with van der Waals surface area (Å²) < 4.78 is 15.4. The Bertz CT molecular complexity index is 822. The molecule has 1 saturated heterocycles. The van der Waals surface area contributed by atoms with Gasteiger partial charge >= 0.3 is 0 Å². The molecule has 1 aromatic heterocycles. The van der Waals surface area contributed by atoms with E-state index < -0.39 is 0 Å². The molecule has 1 N–H and O–H groups in total. The number of piperazine rings is 1. The minimum atomic E-state index is -0.194. The van der Waals surface area contributed by atoms with Crippen molar-refractivity contribution >= 4 is 11.6 Å². The lowest BCUT2D eigenvalue weighted by Gasteiger charge is -2.37. The molecule has 1 fully saturated rings. The van der Waals surface area contributed by atoms with Crippen LogP contribution in [0.5, 0.6) is 0 Å². The molecule has 0 aliphatic carbocycles. The van der Waals surface area contributed by atoms with E-state index in [1.807, 2.05) is 12.1 Å². The van der Waals surface area contributed by atoms with Crippen LogP contribution in [0.4, 0.5) is 10.1 Å². The Morgan fingerprint density at radius 3 is 2.59 bits per heavy atom. The number of aliphatic imine (C=N–C) groups is 1. The molecule has 29 heavy (non-hydrogen) atoms. The molecule has 156 valence electrons. The van der Waals surface area contributed by atoms with E-state index in [4.69, 9.17) is 4.99 Å². The predicted octanol–water partition coefficient (Wildman–Crippen LogP) is 2.43. The highest BCUT2D eigenvalue weighted by atomic mass is 19.1. The molecule has 7 nitrogen and oxygen atoms in total. The Hall–Kier alpha value is -2.64. The van der Waals surface area contributed by atoms with Crippen molar-refractivity contribution in [2.75, 3.05) is 37.6 Å². The van der Waals surface area contributed by atoms with Gasteiger partial charge in [-0.05, 0) is 44.0 Å². The average Bonchev–Trinajstić information content (AvgIpc) is 2.98. The molecule has 4 rings (SSSR count). The van der Waals surface area contributed by atoms with Gasteiger partial charge < -0.3 is 19.7 Å². The first-order valence-electron chi connectivity index (χ1n) is 10.7. The molecule has 0 amide bonds. The molecule has 1 aromatic carbocycles. The number of rotatable bonds is 4. The van der Waals surface area contributed by atoms with Gasteiger partial charge in [-0.15, -0.1) is 10.2 Å². The van der Waals surface area contributed by atoms with Crippen LogP contribution < -0.4 is 10.2 Å². The molecule has 0 atom stereocenters. The van der Waals surface area contributed by atoms with Crippen LogP contribution in [0.25, 0.3) is 0 Å². The van der Waals surface area contributed by atoms with Gasteiger partial charge in [0.1, 0.15) is 18.2 Å². The topological polar surface area (TPSA) is 61.6 Å². The second-order valence-electron chi connectivity index (χ2n) is 7.62.